The van der Waals surface area contributed by atoms with Gasteiger partial charge < -0.3 is 15.2 Å². The Labute approximate surface area is 163 Å². The van der Waals surface area contributed by atoms with Crippen LogP contribution in [0.4, 0.5) is 0 Å². The van der Waals surface area contributed by atoms with Crippen LogP contribution in [0, 0.1) is 0 Å². The molecule has 27 heavy (non-hydrogen) atoms. The zero-order valence-corrected chi connectivity index (χ0v) is 16.9. The number of hydrogen-bond donors (Lipinski definition) is 1. The molecule has 7 heteroatoms. The summed E-state index contributed by atoms with van der Waals surface area (Å²) in [5.41, 5.74) is 7.80. The summed E-state index contributed by atoms with van der Waals surface area (Å²) in [6.45, 7) is 6.49. The van der Waals surface area contributed by atoms with Crippen molar-refractivity contribution in [1.82, 2.24) is 15.0 Å². The molecule has 6 nitrogen and oxygen atoms in total. The molecule has 0 bridgehead atoms. The molecule has 1 aliphatic carbocycles. The Hall–Kier alpha value is -1.86. The van der Waals surface area contributed by atoms with Crippen LogP contribution in [0.25, 0.3) is 0 Å². The molecule has 1 amide bonds. The second-order valence-corrected chi connectivity index (χ2v) is 9.58. The third-order valence-electron chi connectivity index (χ3n) is 5.56. The number of carbonyl (C=O) groups is 1. The second-order valence-electron chi connectivity index (χ2n) is 8.58. The van der Waals surface area contributed by atoms with Crippen molar-refractivity contribution < 1.29 is 9.32 Å². The van der Waals surface area contributed by atoms with Gasteiger partial charge in [0, 0.05) is 11.3 Å². The largest absolute Gasteiger partial charge is 0.337 e. The predicted molar refractivity (Wildman–Crippen MR) is 105 cm³/mol. The first-order valence-corrected chi connectivity index (χ1v) is 10.6. The number of nitrogens with zero attached hydrogens (tertiary/aromatic N) is 3. The number of benzene rings is 1. The van der Waals surface area contributed by atoms with Crippen molar-refractivity contribution in [2.24, 2.45) is 5.73 Å². The molecule has 1 saturated carbocycles. The van der Waals surface area contributed by atoms with Crippen LogP contribution >= 0.6 is 11.8 Å². The quantitative estimate of drug-likeness (QED) is 0.868. The first-order valence-electron chi connectivity index (χ1n) is 9.40. The summed E-state index contributed by atoms with van der Waals surface area (Å²) in [5, 5.41) is 4.10. The van der Waals surface area contributed by atoms with Gasteiger partial charge in [-0.3, -0.25) is 4.79 Å². The van der Waals surface area contributed by atoms with Crippen molar-refractivity contribution in [3.63, 3.8) is 0 Å². The molecule has 1 unspecified atom stereocenters. The van der Waals surface area contributed by atoms with Crippen LogP contribution in [-0.2, 0) is 11.0 Å². The predicted octanol–water partition coefficient (Wildman–Crippen LogP) is 3.59. The van der Waals surface area contributed by atoms with E-state index in [0.717, 1.165) is 25.0 Å². The Balaban J connectivity index is 1.53. The Morgan fingerprint density at radius 1 is 1.30 bits per heavy atom. The molecule has 2 heterocycles. The van der Waals surface area contributed by atoms with E-state index in [1.807, 2.05) is 29.2 Å². The van der Waals surface area contributed by atoms with E-state index in [-0.39, 0.29) is 17.4 Å². The zero-order chi connectivity index (χ0) is 19.2. The lowest BCUT2D eigenvalue weighted by atomic mass is 9.77. The number of nitrogens with two attached hydrogens (primary N) is 1. The molecule has 0 radical (unpaired) electrons. The maximum absolute atomic E-state index is 13.1. The summed E-state index contributed by atoms with van der Waals surface area (Å²) in [7, 11) is 0. The van der Waals surface area contributed by atoms with Gasteiger partial charge in [-0.1, -0.05) is 38.1 Å². The third kappa shape index (κ3) is 3.38. The van der Waals surface area contributed by atoms with E-state index in [4.69, 9.17) is 10.3 Å². The lowest BCUT2D eigenvalue weighted by molar-refractivity contribution is 0.0722. The molecule has 0 spiro atoms. The van der Waals surface area contributed by atoms with Gasteiger partial charge in [-0.05, 0) is 42.4 Å². The highest BCUT2D eigenvalue weighted by Crippen LogP contribution is 2.39. The highest BCUT2D eigenvalue weighted by Gasteiger charge is 2.41. The fraction of sp³-hybridized carbons (Fsp3) is 0.550. The molecule has 144 valence electrons. The first-order chi connectivity index (χ1) is 12.8. The number of aromatic nitrogens is 2. The van der Waals surface area contributed by atoms with Gasteiger partial charge in [0.1, 0.15) is 6.04 Å². The number of amides is 1. The monoisotopic (exact) mass is 386 g/mol. The molecule has 4 rings (SSSR count). The van der Waals surface area contributed by atoms with Crippen molar-refractivity contribution >= 4 is 17.7 Å². The second kappa shape index (κ2) is 6.63. The highest BCUT2D eigenvalue weighted by atomic mass is 32.2. The summed E-state index contributed by atoms with van der Waals surface area (Å²) in [6.07, 6.45) is 2.86. The molecule has 1 aliphatic heterocycles. The van der Waals surface area contributed by atoms with Crippen LogP contribution < -0.4 is 5.73 Å². The van der Waals surface area contributed by atoms with Gasteiger partial charge in [0.05, 0.1) is 11.4 Å². The maximum Gasteiger partial charge on any atom is 0.255 e. The Morgan fingerprint density at radius 3 is 2.59 bits per heavy atom. The van der Waals surface area contributed by atoms with E-state index in [1.165, 1.54) is 5.56 Å². The number of carbonyl (C=O) groups excluding carboxylic acids is 1. The van der Waals surface area contributed by atoms with E-state index < -0.39 is 5.54 Å². The fourth-order valence-electron chi connectivity index (χ4n) is 3.48. The van der Waals surface area contributed by atoms with E-state index >= 15 is 0 Å². The topological polar surface area (TPSA) is 85.2 Å². The average Bonchev–Trinajstić information content (AvgIpc) is 3.27. The fourth-order valence-corrected chi connectivity index (χ4v) is 4.63. The van der Waals surface area contributed by atoms with Crippen LogP contribution in [0.1, 0.15) is 73.7 Å². The average molecular weight is 387 g/mol. The van der Waals surface area contributed by atoms with Crippen LogP contribution in [0.3, 0.4) is 0 Å². The summed E-state index contributed by atoms with van der Waals surface area (Å²) in [5.74, 6) is 2.44. The molecule has 2 aromatic rings. The van der Waals surface area contributed by atoms with Gasteiger partial charge in [-0.2, -0.15) is 4.98 Å². The first kappa shape index (κ1) is 18.5. The molecule has 1 aromatic carbocycles. The van der Waals surface area contributed by atoms with Crippen LogP contribution in [0.15, 0.2) is 28.8 Å². The molecular weight excluding hydrogens is 360 g/mol. The lowest BCUT2D eigenvalue weighted by Crippen LogP contribution is -2.44. The van der Waals surface area contributed by atoms with Crippen molar-refractivity contribution in [3.8, 4) is 0 Å². The van der Waals surface area contributed by atoms with Crippen LogP contribution in [-0.4, -0.2) is 32.6 Å². The molecule has 2 fully saturated rings. The molecule has 2 N–H and O–H groups in total. The van der Waals surface area contributed by atoms with E-state index in [2.05, 4.69) is 30.9 Å². The minimum atomic E-state index is -0.453. The summed E-state index contributed by atoms with van der Waals surface area (Å²) < 4.78 is 5.50. The van der Waals surface area contributed by atoms with E-state index in [9.17, 15) is 4.79 Å². The highest BCUT2D eigenvalue weighted by molar-refractivity contribution is 7.99. The summed E-state index contributed by atoms with van der Waals surface area (Å²) in [6, 6.07) is 7.68. The Kier molecular flexibility index (Phi) is 4.55. The SMILES string of the molecule is CC(C)(C)c1ccc(C(=O)N2CSCC2c2nc(C3(N)CCC3)no2)cc1. The van der Waals surface area contributed by atoms with E-state index in [1.54, 1.807) is 11.8 Å². The van der Waals surface area contributed by atoms with Gasteiger partial charge in [0.15, 0.2) is 5.82 Å². The Morgan fingerprint density at radius 2 is 2.00 bits per heavy atom. The van der Waals surface area contributed by atoms with Gasteiger partial charge in [-0.25, -0.2) is 0 Å². The van der Waals surface area contributed by atoms with Gasteiger partial charge in [0.25, 0.3) is 5.91 Å². The molecular formula is C20H26N4O2S. The van der Waals surface area contributed by atoms with Gasteiger partial charge in [0.2, 0.25) is 5.89 Å². The lowest BCUT2D eigenvalue weighted by Gasteiger charge is -2.34. The number of rotatable bonds is 3. The standard InChI is InChI=1S/C20H26N4O2S/c1-19(2,3)14-7-5-13(6-8-14)17(25)24-12-27-11-15(24)16-22-18(23-26-16)20(21)9-4-10-20/h5-8,15H,4,9-12,21H2,1-3H3. The van der Waals surface area contributed by atoms with Crippen molar-refractivity contribution in [1.29, 1.82) is 0 Å². The number of hydrogen-bond acceptors (Lipinski definition) is 6. The smallest absolute Gasteiger partial charge is 0.255 e. The van der Waals surface area contributed by atoms with Crippen molar-refractivity contribution in [2.45, 2.75) is 57.0 Å². The van der Waals surface area contributed by atoms with Gasteiger partial charge in [-0.15, -0.1) is 11.8 Å². The normalized spacial score (nSPS) is 21.9. The minimum absolute atomic E-state index is 0.00341. The zero-order valence-electron chi connectivity index (χ0n) is 16.1. The summed E-state index contributed by atoms with van der Waals surface area (Å²) in [4.78, 5) is 19.4. The molecule has 2 aliphatic rings. The minimum Gasteiger partial charge on any atom is -0.337 e. The van der Waals surface area contributed by atoms with Crippen LogP contribution in [0.2, 0.25) is 0 Å². The van der Waals surface area contributed by atoms with E-state index in [0.29, 0.717) is 23.2 Å². The van der Waals surface area contributed by atoms with Crippen LogP contribution in [0.5, 0.6) is 0 Å². The third-order valence-corrected chi connectivity index (χ3v) is 6.57. The maximum atomic E-state index is 13.1. The molecule has 1 aromatic heterocycles. The van der Waals surface area contributed by atoms with Gasteiger partial charge >= 0.3 is 0 Å². The summed E-state index contributed by atoms with van der Waals surface area (Å²) >= 11 is 1.70. The van der Waals surface area contributed by atoms with Crippen molar-refractivity contribution in [2.75, 3.05) is 11.6 Å². The molecule has 1 atom stereocenters. The Bertz CT molecular complexity index is 836. The molecule has 1 saturated heterocycles. The number of thioether (sulfide) groups is 1. The van der Waals surface area contributed by atoms with Crippen molar-refractivity contribution in [3.05, 3.63) is 47.1 Å².